The van der Waals surface area contributed by atoms with Crippen LogP contribution < -0.4 is 11.0 Å². The topological polar surface area (TPSA) is 76.3 Å². The summed E-state index contributed by atoms with van der Waals surface area (Å²) in [6.45, 7) is 1.99. The van der Waals surface area contributed by atoms with Gasteiger partial charge in [-0.3, -0.25) is 14.2 Å². The molecule has 0 saturated carbocycles. The molecular formula is C22H18N4O2S2. The third-order valence-electron chi connectivity index (χ3n) is 4.36. The number of thiophene rings is 1. The number of hydrazone groups is 1. The largest absolute Gasteiger partial charge is 0.272 e. The Labute approximate surface area is 181 Å². The number of para-hydroxylation sites is 2. The summed E-state index contributed by atoms with van der Waals surface area (Å²) in [4.78, 5) is 31.0. The number of carbonyl (C=O) groups excluding carboxylic acids is 1. The highest BCUT2D eigenvalue weighted by Gasteiger charge is 2.14. The van der Waals surface area contributed by atoms with E-state index in [0.717, 1.165) is 10.4 Å². The van der Waals surface area contributed by atoms with Gasteiger partial charge in [0.2, 0.25) is 0 Å². The van der Waals surface area contributed by atoms with Gasteiger partial charge in [0.25, 0.3) is 11.5 Å². The van der Waals surface area contributed by atoms with Crippen LogP contribution in [0.25, 0.3) is 16.6 Å². The Balaban J connectivity index is 1.57. The first-order valence-electron chi connectivity index (χ1n) is 9.19. The van der Waals surface area contributed by atoms with E-state index in [4.69, 9.17) is 0 Å². The molecule has 0 atom stereocenters. The lowest BCUT2D eigenvalue weighted by molar-refractivity contribution is -0.118. The summed E-state index contributed by atoms with van der Waals surface area (Å²) in [6, 6.07) is 18.5. The van der Waals surface area contributed by atoms with Crippen LogP contribution in [0.1, 0.15) is 10.4 Å². The first kappa shape index (κ1) is 20.1. The number of nitrogens with one attached hydrogen (secondary N) is 1. The molecule has 2 aromatic carbocycles. The van der Waals surface area contributed by atoms with Crippen molar-refractivity contribution < 1.29 is 4.79 Å². The van der Waals surface area contributed by atoms with Gasteiger partial charge in [-0.2, -0.15) is 5.10 Å². The summed E-state index contributed by atoms with van der Waals surface area (Å²) in [5.74, 6) is -0.189. The second-order valence-corrected chi connectivity index (χ2v) is 8.33. The van der Waals surface area contributed by atoms with Gasteiger partial charge in [-0.05, 0) is 48.2 Å². The lowest BCUT2D eigenvalue weighted by Gasteiger charge is -2.12. The Kier molecular flexibility index (Phi) is 6.06. The van der Waals surface area contributed by atoms with Crippen molar-refractivity contribution in [3.63, 3.8) is 0 Å². The molecule has 0 aliphatic heterocycles. The van der Waals surface area contributed by atoms with Gasteiger partial charge < -0.3 is 0 Å². The van der Waals surface area contributed by atoms with Crippen LogP contribution in [0.2, 0.25) is 0 Å². The second kappa shape index (κ2) is 9.06. The number of hydrogen-bond donors (Lipinski definition) is 1. The molecular weight excluding hydrogens is 416 g/mol. The Morgan fingerprint density at radius 1 is 1.17 bits per heavy atom. The molecule has 6 nitrogen and oxygen atoms in total. The minimum absolute atomic E-state index is 0.0817. The molecule has 0 aliphatic rings. The molecule has 2 aromatic heterocycles. The zero-order valence-electron chi connectivity index (χ0n) is 16.1. The van der Waals surface area contributed by atoms with Gasteiger partial charge in [-0.1, -0.05) is 42.1 Å². The van der Waals surface area contributed by atoms with Gasteiger partial charge in [0, 0.05) is 4.88 Å². The van der Waals surface area contributed by atoms with E-state index < -0.39 is 0 Å². The minimum atomic E-state index is -0.271. The van der Waals surface area contributed by atoms with Crippen LogP contribution in [-0.2, 0) is 4.79 Å². The monoisotopic (exact) mass is 434 g/mol. The SMILES string of the molecule is Cc1ccsc1/C=N\NC(=O)CSc1nc2ccccc2c(=O)n1-c1ccccc1. The van der Waals surface area contributed by atoms with Crippen molar-refractivity contribution in [1.29, 1.82) is 0 Å². The molecule has 8 heteroatoms. The lowest BCUT2D eigenvalue weighted by atomic mass is 10.2. The van der Waals surface area contributed by atoms with E-state index in [0.29, 0.717) is 21.7 Å². The minimum Gasteiger partial charge on any atom is -0.272 e. The van der Waals surface area contributed by atoms with Crippen LogP contribution in [0.5, 0.6) is 0 Å². The van der Waals surface area contributed by atoms with E-state index in [9.17, 15) is 9.59 Å². The zero-order valence-corrected chi connectivity index (χ0v) is 17.7. The van der Waals surface area contributed by atoms with E-state index in [1.807, 2.05) is 60.8 Å². The standard InChI is InChI=1S/C22H18N4O2S2/c1-15-11-12-29-19(15)13-23-25-20(27)14-30-22-24-18-10-6-5-9-17(18)21(28)26(22)16-7-3-2-4-8-16/h2-13H,14H2,1H3,(H,25,27)/b23-13-. The number of fused-ring (bicyclic) bond motifs is 1. The summed E-state index contributed by atoms with van der Waals surface area (Å²) in [5, 5.41) is 6.98. The molecule has 0 fully saturated rings. The van der Waals surface area contributed by atoms with Gasteiger partial charge in [-0.25, -0.2) is 10.4 Å². The van der Waals surface area contributed by atoms with Crippen LogP contribution in [0.3, 0.4) is 0 Å². The number of carbonyl (C=O) groups is 1. The first-order chi connectivity index (χ1) is 14.6. The van der Waals surface area contributed by atoms with Crippen LogP contribution in [0.15, 0.2) is 81.1 Å². The number of nitrogens with zero attached hydrogens (tertiary/aromatic N) is 3. The summed E-state index contributed by atoms with van der Waals surface area (Å²) >= 11 is 2.76. The number of amides is 1. The van der Waals surface area contributed by atoms with E-state index in [1.165, 1.54) is 11.8 Å². The fraction of sp³-hybridized carbons (Fsp3) is 0.0909. The van der Waals surface area contributed by atoms with Gasteiger partial charge in [0.15, 0.2) is 5.16 Å². The summed E-state index contributed by atoms with van der Waals surface area (Å²) in [5.41, 5.74) is 4.78. The predicted molar refractivity (Wildman–Crippen MR) is 123 cm³/mol. The quantitative estimate of drug-likeness (QED) is 0.215. The number of aromatic nitrogens is 2. The van der Waals surface area contributed by atoms with Crippen LogP contribution in [0.4, 0.5) is 0 Å². The molecule has 0 spiro atoms. The molecule has 0 aliphatic carbocycles. The van der Waals surface area contributed by atoms with Crippen LogP contribution in [0, 0.1) is 6.92 Å². The molecule has 0 unspecified atom stereocenters. The number of benzene rings is 2. The van der Waals surface area contributed by atoms with Crippen molar-refractivity contribution in [2.45, 2.75) is 12.1 Å². The van der Waals surface area contributed by atoms with E-state index in [-0.39, 0.29) is 17.2 Å². The maximum Gasteiger partial charge on any atom is 0.266 e. The molecule has 1 N–H and O–H groups in total. The zero-order chi connectivity index (χ0) is 20.9. The summed E-state index contributed by atoms with van der Waals surface area (Å²) in [6.07, 6.45) is 1.64. The molecule has 4 rings (SSSR count). The van der Waals surface area contributed by atoms with Crippen molar-refractivity contribution >= 4 is 46.1 Å². The summed E-state index contributed by atoms with van der Waals surface area (Å²) in [7, 11) is 0. The van der Waals surface area contributed by atoms with Crippen LogP contribution in [-0.4, -0.2) is 27.4 Å². The molecule has 2 heterocycles. The highest BCUT2D eigenvalue weighted by atomic mass is 32.2. The Bertz CT molecular complexity index is 1280. The van der Waals surface area contributed by atoms with Gasteiger partial charge in [-0.15, -0.1) is 11.3 Å². The summed E-state index contributed by atoms with van der Waals surface area (Å²) < 4.78 is 1.54. The highest BCUT2D eigenvalue weighted by molar-refractivity contribution is 7.99. The molecule has 1 amide bonds. The van der Waals surface area contributed by atoms with E-state index >= 15 is 0 Å². The highest BCUT2D eigenvalue weighted by Crippen LogP contribution is 2.21. The maximum atomic E-state index is 13.1. The van der Waals surface area contributed by atoms with Crippen molar-refractivity contribution in [3.05, 3.63) is 86.8 Å². The molecule has 0 radical (unpaired) electrons. The normalized spacial score (nSPS) is 11.2. The fourth-order valence-electron chi connectivity index (χ4n) is 2.86. The second-order valence-electron chi connectivity index (χ2n) is 6.44. The fourth-order valence-corrected chi connectivity index (χ4v) is 4.45. The Morgan fingerprint density at radius 2 is 1.93 bits per heavy atom. The Morgan fingerprint density at radius 3 is 2.70 bits per heavy atom. The molecule has 150 valence electrons. The first-order valence-corrected chi connectivity index (χ1v) is 11.1. The number of hydrogen-bond acceptors (Lipinski definition) is 6. The van der Waals surface area contributed by atoms with E-state index in [1.54, 1.807) is 34.3 Å². The Hall–Kier alpha value is -3.23. The molecule has 0 saturated heterocycles. The van der Waals surface area contributed by atoms with Crippen molar-refractivity contribution in [2.24, 2.45) is 5.10 Å². The average Bonchev–Trinajstić information content (AvgIpc) is 3.17. The van der Waals surface area contributed by atoms with Gasteiger partial charge in [0.05, 0.1) is 28.6 Å². The third-order valence-corrected chi connectivity index (χ3v) is 6.26. The predicted octanol–water partition coefficient (Wildman–Crippen LogP) is 4.00. The van der Waals surface area contributed by atoms with Gasteiger partial charge in [0.1, 0.15) is 0 Å². The number of rotatable bonds is 6. The molecule has 30 heavy (non-hydrogen) atoms. The molecule has 4 aromatic rings. The van der Waals surface area contributed by atoms with Crippen molar-refractivity contribution in [2.75, 3.05) is 5.75 Å². The van der Waals surface area contributed by atoms with Crippen molar-refractivity contribution in [1.82, 2.24) is 15.0 Å². The maximum absolute atomic E-state index is 13.1. The van der Waals surface area contributed by atoms with E-state index in [2.05, 4.69) is 15.5 Å². The number of thioether (sulfide) groups is 1. The number of aryl methyl sites for hydroxylation is 1. The molecule has 0 bridgehead atoms. The lowest BCUT2D eigenvalue weighted by Crippen LogP contribution is -2.24. The van der Waals surface area contributed by atoms with Crippen molar-refractivity contribution in [3.8, 4) is 5.69 Å². The smallest absolute Gasteiger partial charge is 0.266 e. The van der Waals surface area contributed by atoms with Gasteiger partial charge >= 0.3 is 0 Å². The average molecular weight is 435 g/mol. The third kappa shape index (κ3) is 4.34. The van der Waals surface area contributed by atoms with Crippen LogP contribution >= 0.6 is 23.1 Å².